The van der Waals surface area contributed by atoms with Gasteiger partial charge in [0, 0.05) is 6.20 Å². The van der Waals surface area contributed by atoms with Crippen molar-refractivity contribution in [2.45, 2.75) is 0 Å². The van der Waals surface area contributed by atoms with Crippen molar-refractivity contribution in [2.24, 2.45) is 0 Å². The summed E-state index contributed by atoms with van der Waals surface area (Å²) in [5.74, 6) is -0.0382. The number of H-pyrrole nitrogens is 1. The summed E-state index contributed by atoms with van der Waals surface area (Å²) in [5, 5.41) is 0. The van der Waals surface area contributed by atoms with Crippen LogP contribution >= 0.6 is 0 Å². The van der Waals surface area contributed by atoms with Gasteiger partial charge in [-0.3, -0.25) is 4.79 Å². The largest absolute Gasteiger partial charge is 0.383 e. The molecule has 0 amide bonds. The predicted molar refractivity (Wildman–Crippen MR) is 34.7 cm³/mol. The summed E-state index contributed by atoms with van der Waals surface area (Å²) in [5.41, 5.74) is 1.44. The van der Waals surface area contributed by atoms with Crippen LogP contribution < -0.4 is 11.4 Å². The minimum atomic E-state index is -0.592. The first kappa shape index (κ1) is 5.16. The Kier molecular flexibility index (Phi) is 1.19. The smallest absolute Gasteiger partial charge is 0.346 e. The van der Waals surface area contributed by atoms with Crippen LogP contribution in [0.4, 0.5) is 5.82 Å². The molecule has 0 atom stereocenters. The molecule has 1 aromatic rings. The normalized spacial score (nSPS) is 10.2. The highest BCUT2D eigenvalue weighted by atomic mass is 16.1. The Morgan fingerprint density at radius 1 is 1.90 bits per heavy atom. The van der Waals surface area contributed by atoms with Gasteiger partial charge < -0.3 is 10.7 Å². The number of nitrogens with one attached hydrogen (secondary N) is 1. The van der Waals surface area contributed by atoms with Gasteiger partial charge in [-0.1, -0.05) is 0 Å². The van der Waals surface area contributed by atoms with E-state index in [0.717, 1.165) is 0 Å². The number of carbonyl (C=O) groups is 1. The average Bonchev–Trinajstić information content (AvgIpc) is 2.04. The molecule has 1 heterocycles. The summed E-state index contributed by atoms with van der Waals surface area (Å²) >= 11 is 0. The van der Waals surface area contributed by atoms with Crippen molar-refractivity contribution in [3.05, 3.63) is 22.2 Å². The third-order valence-corrected chi connectivity index (χ3v) is 0.965. The Morgan fingerprint density at radius 2 is 2.70 bits per heavy atom. The number of aromatic nitrogens is 2. The highest BCUT2D eigenvalue weighted by Gasteiger charge is 1.96. The number of aromatic amines is 1. The van der Waals surface area contributed by atoms with Crippen LogP contribution in [0.25, 0.3) is 0 Å². The van der Waals surface area contributed by atoms with Gasteiger partial charge in [-0.25, -0.2) is 4.79 Å². The molecule has 1 rings (SSSR count). The second-order valence-corrected chi connectivity index (χ2v) is 1.63. The molecule has 0 fully saturated rings. The zero-order valence-corrected chi connectivity index (χ0v) is 4.92. The van der Waals surface area contributed by atoms with E-state index in [0.29, 0.717) is 6.29 Å². The van der Waals surface area contributed by atoms with Gasteiger partial charge in [0.1, 0.15) is 5.82 Å². The molecule has 0 radical (unpaired) electrons. The highest BCUT2D eigenvalue weighted by molar-refractivity contribution is 5.80. The molecule has 0 saturated carbocycles. The first-order valence-electron chi connectivity index (χ1n) is 3.00. The zero-order valence-electron chi connectivity index (χ0n) is 5.92. The Labute approximate surface area is 57.4 Å². The molecule has 0 saturated heterocycles. The highest BCUT2D eigenvalue weighted by Crippen LogP contribution is 1.96. The van der Waals surface area contributed by atoms with Crippen LogP contribution in [0.15, 0.2) is 11.0 Å². The number of rotatable bonds is 2. The van der Waals surface area contributed by atoms with E-state index in [1.54, 1.807) is 0 Å². The van der Waals surface area contributed by atoms with E-state index in [9.17, 15) is 9.59 Å². The quantitative estimate of drug-likeness (QED) is 0.524. The molecule has 0 bridgehead atoms. The second-order valence-electron chi connectivity index (χ2n) is 1.63. The van der Waals surface area contributed by atoms with Crippen molar-refractivity contribution >= 4 is 12.1 Å². The Balaban J connectivity index is 3.27. The van der Waals surface area contributed by atoms with E-state index in [1.807, 2.05) is 5.73 Å². The van der Waals surface area contributed by atoms with Crippen molar-refractivity contribution in [3.63, 3.8) is 0 Å². The number of nitrogen functional groups attached to an aromatic ring is 1. The average molecular weight is 140 g/mol. The fourth-order valence-electron chi connectivity index (χ4n) is 0.496. The van der Waals surface area contributed by atoms with E-state index in [-0.39, 0.29) is 11.4 Å². The molecule has 0 aromatic carbocycles. The van der Waals surface area contributed by atoms with Crippen LogP contribution in [0.5, 0.6) is 0 Å². The van der Waals surface area contributed by atoms with Crippen LogP contribution in [0.1, 0.15) is 10.4 Å². The number of carbonyl (C=O) groups excluding carboxylic acids is 1. The molecule has 3 N–H and O–H groups in total. The molecule has 0 spiro atoms. The molecule has 0 aliphatic heterocycles. The van der Waals surface area contributed by atoms with Gasteiger partial charge in [0.15, 0.2) is 7.70 Å². The van der Waals surface area contributed by atoms with Crippen LogP contribution in [0.3, 0.4) is 0 Å². The standard InChI is InChI=1S/C5H5N3O2/c6-4-3(2-9)1-7-5(10)8-4/h1-2H,(H3,6,7,8,10)/i/hD. The van der Waals surface area contributed by atoms with Crippen LogP contribution in [0.2, 0.25) is 1.41 Å². The molecule has 52 valence electrons. The Hall–Kier alpha value is -1.65. The molecule has 1 aromatic heterocycles. The topological polar surface area (TPSA) is 88.8 Å². The number of hydrogen-bond donors (Lipinski definition) is 2. The van der Waals surface area contributed by atoms with Crippen molar-refractivity contribution in [3.8, 4) is 0 Å². The lowest BCUT2D eigenvalue weighted by Crippen LogP contribution is -2.13. The SMILES string of the molecule is [2H]Nc1nc(=O)[nH]cc1C=O. The lowest BCUT2D eigenvalue weighted by Gasteiger charge is -1.91. The van der Waals surface area contributed by atoms with Crippen LogP contribution in [0, 0.1) is 0 Å². The van der Waals surface area contributed by atoms with Gasteiger partial charge >= 0.3 is 5.69 Å². The molecule has 5 nitrogen and oxygen atoms in total. The van der Waals surface area contributed by atoms with Gasteiger partial charge in [0.2, 0.25) is 0 Å². The first-order chi connectivity index (χ1) is 5.27. The maximum Gasteiger partial charge on any atom is 0.346 e. The predicted octanol–water partition coefficient (Wildman–Crippen LogP) is -0.835. The molecular formula is C5H5N3O2. The van der Waals surface area contributed by atoms with Crippen molar-refractivity contribution < 1.29 is 6.21 Å². The second kappa shape index (κ2) is 2.30. The Bertz CT molecular complexity index is 322. The Morgan fingerprint density at radius 3 is 3.30 bits per heavy atom. The fraction of sp³-hybridized carbons (Fsp3) is 0. The molecule has 5 heteroatoms. The van der Waals surface area contributed by atoms with Gasteiger partial charge in [0.05, 0.1) is 5.56 Å². The minimum absolute atomic E-state index is 0.0382. The minimum Gasteiger partial charge on any atom is -0.383 e. The molecule has 10 heavy (non-hydrogen) atoms. The summed E-state index contributed by atoms with van der Waals surface area (Å²) in [6.07, 6.45) is 1.69. The number of aldehydes is 1. The summed E-state index contributed by atoms with van der Waals surface area (Å²) < 4.78 is 6.66. The number of anilines is 1. The van der Waals surface area contributed by atoms with Gasteiger partial charge in [-0.05, 0) is 0 Å². The number of nitrogens with zero attached hydrogens (tertiary/aromatic N) is 1. The fourth-order valence-corrected chi connectivity index (χ4v) is 0.496. The van der Waals surface area contributed by atoms with E-state index in [2.05, 4.69) is 9.97 Å². The van der Waals surface area contributed by atoms with Crippen molar-refractivity contribution in [1.82, 2.24) is 9.97 Å². The number of hydrogen-bond acceptors (Lipinski definition) is 4. The molecule has 0 aliphatic rings. The van der Waals surface area contributed by atoms with Gasteiger partial charge in [0.25, 0.3) is 0 Å². The summed E-state index contributed by atoms with van der Waals surface area (Å²) in [6.45, 7) is 0. The summed E-state index contributed by atoms with van der Waals surface area (Å²) in [6, 6.07) is 0. The van der Waals surface area contributed by atoms with Gasteiger partial charge in [-0.2, -0.15) is 4.98 Å². The maximum absolute atomic E-state index is 10.5. The zero-order chi connectivity index (χ0) is 8.27. The van der Waals surface area contributed by atoms with Crippen molar-refractivity contribution in [2.75, 3.05) is 5.73 Å². The van der Waals surface area contributed by atoms with E-state index >= 15 is 0 Å². The third kappa shape index (κ3) is 1.02. The summed E-state index contributed by atoms with van der Waals surface area (Å²) in [4.78, 5) is 26.2. The van der Waals surface area contributed by atoms with Crippen molar-refractivity contribution in [1.29, 1.82) is 0 Å². The monoisotopic (exact) mass is 140 g/mol. The lowest BCUT2D eigenvalue weighted by molar-refractivity contribution is 0.112. The maximum atomic E-state index is 10.5. The summed E-state index contributed by atoms with van der Waals surface area (Å²) in [7, 11) is 0. The van der Waals surface area contributed by atoms with Gasteiger partial charge in [-0.15, -0.1) is 0 Å². The van der Waals surface area contributed by atoms with Crippen LogP contribution in [-0.4, -0.2) is 16.3 Å². The molecule has 0 unspecified atom stereocenters. The third-order valence-electron chi connectivity index (χ3n) is 0.965. The van der Waals surface area contributed by atoms with E-state index in [4.69, 9.17) is 1.41 Å². The van der Waals surface area contributed by atoms with E-state index in [1.165, 1.54) is 6.20 Å². The molecule has 0 aliphatic carbocycles. The van der Waals surface area contributed by atoms with Crippen LogP contribution in [-0.2, 0) is 0 Å². The molecular weight excluding hydrogens is 134 g/mol. The lowest BCUT2D eigenvalue weighted by atomic mass is 10.3. The first-order valence-corrected chi connectivity index (χ1v) is 2.50. The van der Waals surface area contributed by atoms with E-state index < -0.39 is 5.69 Å². The number of nitrogens with two attached hydrogens (primary N) is 1.